The van der Waals surface area contributed by atoms with Crippen molar-refractivity contribution < 1.29 is 37.3 Å². The van der Waals surface area contributed by atoms with E-state index in [2.05, 4.69) is 14.7 Å². The van der Waals surface area contributed by atoms with Crippen molar-refractivity contribution in [1.29, 1.82) is 0 Å². The summed E-state index contributed by atoms with van der Waals surface area (Å²) >= 11 is 0. The van der Waals surface area contributed by atoms with Crippen LogP contribution in [0.4, 0.5) is 17.6 Å². The molecule has 0 aliphatic carbocycles. The molecule has 0 saturated carbocycles. The lowest BCUT2D eigenvalue weighted by atomic mass is 9.89. The van der Waals surface area contributed by atoms with Crippen molar-refractivity contribution in [2.45, 2.75) is 25.3 Å². The molecule has 2 atom stereocenters. The summed E-state index contributed by atoms with van der Waals surface area (Å²) in [4.78, 5) is 20.8. The third-order valence-electron chi connectivity index (χ3n) is 4.84. The number of halogens is 4. The number of amides is 1. The van der Waals surface area contributed by atoms with Crippen LogP contribution in [0.2, 0.25) is 0 Å². The normalized spacial score (nSPS) is 13.4. The zero-order valence-electron chi connectivity index (χ0n) is 17.2. The first-order chi connectivity index (χ1) is 15.5. The average Bonchev–Trinajstić information content (AvgIpc) is 2.76. The van der Waals surface area contributed by atoms with Crippen LogP contribution in [0.3, 0.4) is 0 Å². The molecule has 0 aliphatic heterocycles. The molecule has 2 aromatic carbocycles. The van der Waals surface area contributed by atoms with Crippen LogP contribution in [0.1, 0.15) is 28.9 Å². The van der Waals surface area contributed by atoms with E-state index in [0.717, 1.165) is 18.2 Å². The summed E-state index contributed by atoms with van der Waals surface area (Å²) < 4.78 is 55.1. The average molecular weight is 465 g/mol. The second kappa shape index (κ2) is 9.51. The molecule has 3 rings (SSSR count). The number of benzene rings is 2. The number of aliphatic hydroxyl groups is 2. The Morgan fingerprint density at radius 3 is 2.33 bits per heavy atom. The quantitative estimate of drug-likeness (QED) is 0.461. The molecule has 0 fully saturated rings. The van der Waals surface area contributed by atoms with Gasteiger partial charge in [0.05, 0.1) is 18.4 Å². The van der Waals surface area contributed by atoms with Gasteiger partial charge in [-0.15, -0.1) is 13.2 Å². The first-order valence-corrected chi connectivity index (χ1v) is 9.63. The van der Waals surface area contributed by atoms with E-state index in [9.17, 15) is 32.6 Å². The third-order valence-corrected chi connectivity index (χ3v) is 4.84. The van der Waals surface area contributed by atoms with Gasteiger partial charge < -0.3 is 20.7 Å². The predicted molar refractivity (Wildman–Crippen MR) is 110 cm³/mol. The lowest BCUT2D eigenvalue weighted by Crippen LogP contribution is -2.26. The van der Waals surface area contributed by atoms with E-state index in [1.54, 1.807) is 0 Å². The molecule has 7 nitrogen and oxygen atoms in total. The molecule has 0 spiro atoms. The van der Waals surface area contributed by atoms with Crippen LogP contribution in [-0.2, 0) is 0 Å². The Morgan fingerprint density at radius 2 is 1.79 bits per heavy atom. The van der Waals surface area contributed by atoms with Crippen LogP contribution >= 0.6 is 0 Å². The maximum absolute atomic E-state index is 13.8. The summed E-state index contributed by atoms with van der Waals surface area (Å²) in [5.41, 5.74) is 5.85. The number of aromatic nitrogens is 2. The summed E-state index contributed by atoms with van der Waals surface area (Å²) in [7, 11) is 0. The Kier molecular flexibility index (Phi) is 6.94. The van der Waals surface area contributed by atoms with Gasteiger partial charge in [0.25, 0.3) is 5.91 Å². The van der Waals surface area contributed by atoms with Gasteiger partial charge >= 0.3 is 6.36 Å². The number of ether oxygens (including phenoxy) is 1. The molecule has 0 aliphatic rings. The molecule has 0 bridgehead atoms. The lowest BCUT2D eigenvalue weighted by molar-refractivity contribution is -0.274. The second-order valence-corrected chi connectivity index (χ2v) is 7.14. The molecule has 4 N–H and O–H groups in total. The number of carbonyl (C=O) groups excluding carboxylic acids is 1. The van der Waals surface area contributed by atoms with Crippen LogP contribution in [0.15, 0.2) is 48.5 Å². The monoisotopic (exact) mass is 465 g/mol. The number of hydrogen-bond donors (Lipinski definition) is 3. The van der Waals surface area contributed by atoms with Crippen molar-refractivity contribution in [2.24, 2.45) is 5.73 Å². The third kappa shape index (κ3) is 5.62. The fourth-order valence-electron chi connectivity index (χ4n) is 3.23. The molecule has 1 heterocycles. The van der Waals surface area contributed by atoms with Crippen LogP contribution in [0, 0.1) is 5.82 Å². The van der Waals surface area contributed by atoms with E-state index in [4.69, 9.17) is 5.73 Å². The van der Waals surface area contributed by atoms with Gasteiger partial charge in [0.1, 0.15) is 17.3 Å². The summed E-state index contributed by atoms with van der Waals surface area (Å²) in [6.45, 7) is 0.849. The van der Waals surface area contributed by atoms with Crippen molar-refractivity contribution in [3.8, 4) is 28.4 Å². The molecule has 2 unspecified atom stereocenters. The topological polar surface area (TPSA) is 119 Å². The standard InChI is InChI=1S/C22H19F4N3O4/c1-11(16(31)10-30)17-18(12-5-7-15(8-6-12)33-22(24,25)26)28-21(29-19(17)20(27)32)13-3-2-4-14(23)9-13/h2-9,11,16,30-31H,10H2,1H3,(H2,27,32). The van der Waals surface area contributed by atoms with Crippen LogP contribution in [0.5, 0.6) is 5.75 Å². The van der Waals surface area contributed by atoms with Gasteiger partial charge in [-0.3, -0.25) is 4.79 Å². The van der Waals surface area contributed by atoms with Crippen molar-refractivity contribution in [1.82, 2.24) is 9.97 Å². The zero-order chi connectivity index (χ0) is 24.3. The van der Waals surface area contributed by atoms with Crippen molar-refractivity contribution >= 4 is 5.91 Å². The van der Waals surface area contributed by atoms with E-state index in [-0.39, 0.29) is 33.9 Å². The first-order valence-electron chi connectivity index (χ1n) is 9.63. The van der Waals surface area contributed by atoms with Crippen LogP contribution < -0.4 is 10.5 Å². The minimum atomic E-state index is -4.88. The van der Waals surface area contributed by atoms with Crippen LogP contribution in [-0.4, -0.2) is 45.2 Å². The number of nitrogens with zero attached hydrogens (tertiary/aromatic N) is 2. The minimum Gasteiger partial charge on any atom is -0.406 e. The molecule has 0 saturated heterocycles. The Balaban J connectivity index is 2.25. The highest BCUT2D eigenvalue weighted by Gasteiger charge is 2.31. The van der Waals surface area contributed by atoms with E-state index >= 15 is 0 Å². The Labute approximate surface area is 185 Å². The Hall–Kier alpha value is -3.57. The number of hydrogen-bond acceptors (Lipinski definition) is 6. The van der Waals surface area contributed by atoms with Gasteiger partial charge in [0, 0.05) is 22.6 Å². The highest BCUT2D eigenvalue weighted by atomic mass is 19.4. The van der Waals surface area contributed by atoms with Gasteiger partial charge in [0.2, 0.25) is 0 Å². The van der Waals surface area contributed by atoms with Gasteiger partial charge in [-0.2, -0.15) is 0 Å². The van der Waals surface area contributed by atoms with Gasteiger partial charge in [-0.05, 0) is 36.4 Å². The van der Waals surface area contributed by atoms with Crippen molar-refractivity contribution in [2.75, 3.05) is 6.61 Å². The highest BCUT2D eigenvalue weighted by Crippen LogP contribution is 2.35. The Bertz CT molecular complexity index is 1150. The molecule has 1 amide bonds. The zero-order valence-corrected chi connectivity index (χ0v) is 17.2. The fourth-order valence-corrected chi connectivity index (χ4v) is 3.23. The summed E-state index contributed by atoms with van der Waals surface area (Å²) in [5, 5.41) is 19.6. The van der Waals surface area contributed by atoms with Gasteiger partial charge in [0.15, 0.2) is 5.82 Å². The molecule has 11 heteroatoms. The van der Waals surface area contributed by atoms with Crippen molar-refractivity contribution in [3.05, 3.63) is 65.6 Å². The molecule has 174 valence electrons. The van der Waals surface area contributed by atoms with E-state index in [1.807, 2.05) is 0 Å². The molecule has 3 aromatic rings. The number of carbonyl (C=O) groups is 1. The molecular weight excluding hydrogens is 446 g/mol. The number of alkyl halides is 3. The highest BCUT2D eigenvalue weighted by molar-refractivity contribution is 5.95. The minimum absolute atomic E-state index is 0.0663. The van der Waals surface area contributed by atoms with Gasteiger partial charge in [-0.25, -0.2) is 14.4 Å². The largest absolute Gasteiger partial charge is 0.573 e. The Morgan fingerprint density at radius 1 is 1.12 bits per heavy atom. The fraction of sp³-hybridized carbons (Fsp3) is 0.227. The number of rotatable bonds is 7. The van der Waals surface area contributed by atoms with E-state index < -0.39 is 42.5 Å². The summed E-state index contributed by atoms with van der Waals surface area (Å²) in [5.74, 6) is -2.99. The van der Waals surface area contributed by atoms with Gasteiger partial charge in [-0.1, -0.05) is 19.1 Å². The number of nitrogens with two attached hydrogens (primary N) is 1. The molecule has 1 aromatic heterocycles. The lowest BCUT2D eigenvalue weighted by Gasteiger charge is -2.22. The molecule has 0 radical (unpaired) electrons. The van der Waals surface area contributed by atoms with E-state index in [0.29, 0.717) is 0 Å². The second-order valence-electron chi connectivity index (χ2n) is 7.14. The molecular formula is C22H19F4N3O4. The number of aliphatic hydroxyl groups excluding tert-OH is 2. The predicted octanol–water partition coefficient (Wildman–Crippen LogP) is 3.40. The maximum Gasteiger partial charge on any atom is 0.573 e. The SMILES string of the molecule is CC(c1c(C(N)=O)nc(-c2cccc(F)c2)nc1-c1ccc(OC(F)(F)F)cc1)C(O)CO. The summed E-state index contributed by atoms with van der Waals surface area (Å²) in [6.07, 6.45) is -6.20. The van der Waals surface area contributed by atoms with E-state index in [1.165, 1.54) is 37.3 Å². The summed E-state index contributed by atoms with van der Waals surface area (Å²) in [6, 6.07) is 9.88. The van der Waals surface area contributed by atoms with Crippen LogP contribution in [0.25, 0.3) is 22.6 Å². The smallest absolute Gasteiger partial charge is 0.406 e. The number of primary amides is 1. The molecule has 33 heavy (non-hydrogen) atoms. The first kappa shape index (κ1) is 24.1. The maximum atomic E-state index is 13.8. The van der Waals surface area contributed by atoms with Crippen molar-refractivity contribution in [3.63, 3.8) is 0 Å².